The monoisotopic (exact) mass is 319 g/mol. The predicted octanol–water partition coefficient (Wildman–Crippen LogP) is 2.97. The molecule has 0 radical (unpaired) electrons. The summed E-state index contributed by atoms with van der Waals surface area (Å²) in [4.78, 5) is 2.42. The Morgan fingerprint density at radius 1 is 1.30 bits per heavy atom. The van der Waals surface area contributed by atoms with Gasteiger partial charge in [0.25, 0.3) is 0 Å². The molecule has 4 nitrogen and oxygen atoms in total. The first-order valence-corrected chi connectivity index (χ1v) is 8.80. The fourth-order valence-corrected chi connectivity index (χ4v) is 4.41. The van der Waals surface area contributed by atoms with E-state index in [0.29, 0.717) is 12.6 Å². The van der Waals surface area contributed by atoms with Crippen LogP contribution in [0.2, 0.25) is 0 Å². The van der Waals surface area contributed by atoms with Crippen LogP contribution in [0.25, 0.3) is 0 Å². The van der Waals surface area contributed by atoms with Gasteiger partial charge in [-0.1, -0.05) is 13.0 Å². The fourth-order valence-electron chi connectivity index (χ4n) is 4.41. The molecule has 23 heavy (non-hydrogen) atoms. The van der Waals surface area contributed by atoms with Crippen molar-refractivity contribution < 1.29 is 14.6 Å². The number of methoxy groups -OCH3 is 1. The van der Waals surface area contributed by atoms with Crippen molar-refractivity contribution in [2.24, 2.45) is 0 Å². The number of ether oxygens (including phenoxy) is 2. The Morgan fingerprint density at radius 3 is 2.87 bits per heavy atom. The summed E-state index contributed by atoms with van der Waals surface area (Å²) in [6.45, 7) is 3.91. The summed E-state index contributed by atoms with van der Waals surface area (Å²) in [6, 6.07) is 6.83. The van der Waals surface area contributed by atoms with Gasteiger partial charge in [-0.05, 0) is 63.4 Å². The summed E-state index contributed by atoms with van der Waals surface area (Å²) in [7, 11) is 3.87. The van der Waals surface area contributed by atoms with Crippen LogP contribution >= 0.6 is 0 Å². The van der Waals surface area contributed by atoms with Crippen molar-refractivity contribution in [2.75, 3.05) is 27.3 Å². The maximum Gasteiger partial charge on any atom is 0.161 e. The molecule has 1 aromatic carbocycles. The van der Waals surface area contributed by atoms with Gasteiger partial charge in [-0.2, -0.15) is 0 Å². The summed E-state index contributed by atoms with van der Waals surface area (Å²) in [6.07, 6.45) is 4.77. The van der Waals surface area contributed by atoms with Crippen LogP contribution in [0.3, 0.4) is 0 Å². The molecule has 4 heteroatoms. The number of rotatable bonds is 5. The van der Waals surface area contributed by atoms with E-state index >= 15 is 0 Å². The Balaban J connectivity index is 1.96. The van der Waals surface area contributed by atoms with Crippen LogP contribution in [0.15, 0.2) is 18.2 Å². The quantitative estimate of drug-likeness (QED) is 0.906. The molecule has 3 rings (SSSR count). The highest BCUT2D eigenvalue weighted by Gasteiger charge is 2.50. The lowest BCUT2D eigenvalue weighted by Crippen LogP contribution is -2.47. The van der Waals surface area contributed by atoms with E-state index in [1.54, 1.807) is 7.11 Å². The number of aliphatic hydroxyl groups is 1. The molecule has 2 aliphatic rings. The highest BCUT2D eigenvalue weighted by atomic mass is 16.5. The normalized spacial score (nSPS) is 31.0. The third-order valence-electron chi connectivity index (χ3n) is 5.70. The van der Waals surface area contributed by atoms with Crippen molar-refractivity contribution >= 4 is 0 Å². The van der Waals surface area contributed by atoms with Gasteiger partial charge in [0, 0.05) is 11.5 Å². The number of likely N-dealkylation sites (N-methyl/N-ethyl adjacent to an activating group) is 1. The van der Waals surface area contributed by atoms with Crippen molar-refractivity contribution in [3.63, 3.8) is 0 Å². The minimum atomic E-state index is -0.164. The van der Waals surface area contributed by atoms with E-state index in [2.05, 4.69) is 31.0 Å². The number of nitrogens with zero attached hydrogens (tertiary/aromatic N) is 1. The average Bonchev–Trinajstić information content (AvgIpc) is 2.90. The second-order valence-corrected chi connectivity index (χ2v) is 7.04. The minimum absolute atomic E-state index is 0.143. The SMILES string of the molecule is CCCOc1cc([C@@]23CC[C@H](O)C[C@@H]2N(C)CC3)ccc1OC. The van der Waals surface area contributed by atoms with Crippen LogP contribution in [0.1, 0.15) is 44.6 Å². The third-order valence-corrected chi connectivity index (χ3v) is 5.70. The van der Waals surface area contributed by atoms with E-state index in [1.165, 1.54) is 5.56 Å². The van der Waals surface area contributed by atoms with Gasteiger partial charge in [0.2, 0.25) is 0 Å². The Labute approximate surface area is 139 Å². The average molecular weight is 319 g/mol. The molecule has 1 N–H and O–H groups in total. The zero-order chi connectivity index (χ0) is 16.4. The molecular weight excluding hydrogens is 290 g/mol. The number of likely N-dealkylation sites (tertiary alicyclic amines) is 1. The molecule has 3 atom stereocenters. The number of aliphatic hydroxyl groups excluding tert-OH is 1. The van der Waals surface area contributed by atoms with Crippen molar-refractivity contribution in [3.8, 4) is 11.5 Å². The molecule has 0 unspecified atom stereocenters. The van der Waals surface area contributed by atoms with Crippen LogP contribution in [0, 0.1) is 0 Å². The van der Waals surface area contributed by atoms with Crippen LogP contribution < -0.4 is 9.47 Å². The molecule has 1 saturated carbocycles. The van der Waals surface area contributed by atoms with Crippen molar-refractivity contribution in [1.29, 1.82) is 0 Å². The third kappa shape index (κ3) is 2.94. The number of hydrogen-bond acceptors (Lipinski definition) is 4. The molecule has 128 valence electrons. The Bertz CT molecular complexity index is 547. The topological polar surface area (TPSA) is 41.9 Å². The number of fused-ring (bicyclic) bond motifs is 1. The van der Waals surface area contributed by atoms with Crippen LogP contribution in [0.4, 0.5) is 0 Å². The highest BCUT2D eigenvalue weighted by molar-refractivity contribution is 5.46. The van der Waals surface area contributed by atoms with Crippen molar-refractivity contribution in [1.82, 2.24) is 4.90 Å². The van der Waals surface area contributed by atoms with Crippen LogP contribution in [0.5, 0.6) is 11.5 Å². The lowest BCUT2D eigenvalue weighted by atomic mass is 9.65. The molecule has 1 heterocycles. The lowest BCUT2D eigenvalue weighted by Gasteiger charge is -2.43. The Morgan fingerprint density at radius 2 is 2.13 bits per heavy atom. The molecule has 1 aromatic rings. The highest BCUT2D eigenvalue weighted by Crippen LogP contribution is 2.49. The minimum Gasteiger partial charge on any atom is -0.493 e. The number of hydrogen-bond donors (Lipinski definition) is 1. The van der Waals surface area contributed by atoms with Crippen LogP contribution in [-0.2, 0) is 5.41 Å². The second-order valence-electron chi connectivity index (χ2n) is 7.04. The summed E-state index contributed by atoms with van der Waals surface area (Å²) >= 11 is 0. The van der Waals surface area contributed by atoms with Gasteiger partial charge in [-0.25, -0.2) is 0 Å². The first kappa shape index (κ1) is 16.6. The fraction of sp³-hybridized carbons (Fsp3) is 0.684. The maximum absolute atomic E-state index is 10.1. The standard InChI is InChI=1S/C19H29NO3/c1-4-11-23-17-12-14(5-6-16(17)22-3)19-8-7-15(21)13-18(19)20(2)10-9-19/h5-6,12,15,18,21H,4,7-11,13H2,1-3H3/t15-,18-,19-/m0/s1. The molecule has 1 saturated heterocycles. The molecule has 0 aromatic heterocycles. The second kappa shape index (κ2) is 6.70. The lowest BCUT2D eigenvalue weighted by molar-refractivity contribution is 0.0566. The Kier molecular flexibility index (Phi) is 4.83. The van der Waals surface area contributed by atoms with Gasteiger partial charge in [0.1, 0.15) is 0 Å². The van der Waals surface area contributed by atoms with E-state index < -0.39 is 0 Å². The van der Waals surface area contributed by atoms with Gasteiger partial charge >= 0.3 is 0 Å². The first-order valence-electron chi connectivity index (χ1n) is 8.80. The molecule has 0 amide bonds. The number of benzene rings is 1. The zero-order valence-corrected chi connectivity index (χ0v) is 14.5. The van der Waals surface area contributed by atoms with Gasteiger partial charge < -0.3 is 19.5 Å². The summed E-state index contributed by atoms with van der Waals surface area (Å²) in [5, 5.41) is 10.1. The molecule has 0 bridgehead atoms. The zero-order valence-electron chi connectivity index (χ0n) is 14.5. The summed E-state index contributed by atoms with van der Waals surface area (Å²) in [5.41, 5.74) is 1.48. The smallest absolute Gasteiger partial charge is 0.161 e. The van der Waals surface area contributed by atoms with Gasteiger partial charge in [0.15, 0.2) is 11.5 Å². The maximum atomic E-state index is 10.1. The van der Waals surface area contributed by atoms with Crippen molar-refractivity contribution in [2.45, 2.75) is 56.6 Å². The summed E-state index contributed by atoms with van der Waals surface area (Å²) < 4.78 is 11.4. The molecule has 1 aliphatic carbocycles. The molecule has 1 aliphatic heterocycles. The predicted molar refractivity (Wildman–Crippen MR) is 91.4 cm³/mol. The van der Waals surface area contributed by atoms with Gasteiger partial charge in [-0.3, -0.25) is 0 Å². The molecule has 0 spiro atoms. The Hall–Kier alpha value is -1.26. The van der Waals surface area contributed by atoms with E-state index in [9.17, 15) is 5.11 Å². The van der Waals surface area contributed by atoms with Gasteiger partial charge in [-0.15, -0.1) is 0 Å². The summed E-state index contributed by atoms with van der Waals surface area (Å²) in [5.74, 6) is 1.65. The molecule has 2 fully saturated rings. The van der Waals surface area contributed by atoms with Crippen LogP contribution in [-0.4, -0.2) is 49.5 Å². The van der Waals surface area contributed by atoms with Crippen molar-refractivity contribution in [3.05, 3.63) is 23.8 Å². The first-order chi connectivity index (χ1) is 11.1. The van der Waals surface area contributed by atoms with Gasteiger partial charge in [0.05, 0.1) is 19.8 Å². The van der Waals surface area contributed by atoms with E-state index in [0.717, 1.165) is 50.1 Å². The largest absolute Gasteiger partial charge is 0.493 e. The van der Waals surface area contributed by atoms with E-state index in [4.69, 9.17) is 9.47 Å². The van der Waals surface area contributed by atoms with E-state index in [1.807, 2.05) is 6.07 Å². The molecular formula is C19H29NO3. The van der Waals surface area contributed by atoms with E-state index in [-0.39, 0.29) is 11.5 Å².